The Morgan fingerprint density at radius 1 is 1.30 bits per heavy atom. The lowest BCUT2D eigenvalue weighted by Gasteiger charge is -2.22. The van der Waals surface area contributed by atoms with Crippen LogP contribution in [0.3, 0.4) is 0 Å². The number of amides is 1. The Morgan fingerprint density at radius 3 is 2.87 bits per heavy atom. The number of benzene rings is 1. The molecule has 3 rings (SSSR count). The Balaban J connectivity index is 1.80. The van der Waals surface area contributed by atoms with Crippen LogP contribution in [0.5, 0.6) is 0 Å². The van der Waals surface area contributed by atoms with Gasteiger partial charge in [-0.25, -0.2) is 0 Å². The molecular formula is C18H23N3O2. The Bertz CT molecular complexity index is 708. The molecule has 1 unspecified atom stereocenters. The van der Waals surface area contributed by atoms with Crippen molar-refractivity contribution in [1.29, 1.82) is 0 Å². The number of hydrogen-bond donors (Lipinski definition) is 0. The molecule has 1 aromatic carbocycles. The van der Waals surface area contributed by atoms with Gasteiger partial charge in [-0.05, 0) is 43.4 Å². The molecule has 0 saturated carbocycles. The van der Waals surface area contributed by atoms with Gasteiger partial charge in [-0.3, -0.25) is 4.79 Å². The monoisotopic (exact) mass is 313 g/mol. The number of nitrogens with zero attached hydrogens (tertiary/aromatic N) is 3. The van der Waals surface area contributed by atoms with Crippen molar-refractivity contribution in [3.63, 3.8) is 0 Å². The first-order valence-corrected chi connectivity index (χ1v) is 8.26. The van der Waals surface area contributed by atoms with Crippen molar-refractivity contribution < 1.29 is 9.32 Å². The third-order valence-electron chi connectivity index (χ3n) is 4.49. The van der Waals surface area contributed by atoms with Crippen LogP contribution in [0.15, 0.2) is 22.7 Å². The highest BCUT2D eigenvalue weighted by atomic mass is 16.5. The summed E-state index contributed by atoms with van der Waals surface area (Å²) in [4.78, 5) is 18.6. The zero-order valence-corrected chi connectivity index (χ0v) is 14.0. The van der Waals surface area contributed by atoms with E-state index in [9.17, 15) is 4.79 Å². The van der Waals surface area contributed by atoms with E-state index in [0.717, 1.165) is 30.7 Å². The van der Waals surface area contributed by atoms with Crippen LogP contribution in [0.1, 0.15) is 60.6 Å². The number of hydrogen-bond acceptors (Lipinski definition) is 4. The molecule has 2 aromatic rings. The highest BCUT2D eigenvalue weighted by Crippen LogP contribution is 2.33. The molecule has 1 aliphatic heterocycles. The highest BCUT2D eigenvalue weighted by Gasteiger charge is 2.35. The van der Waals surface area contributed by atoms with E-state index in [1.165, 1.54) is 11.1 Å². The standard InChI is InChI=1S/C18H23N3O2/c1-4-5-16-19-18(23-20-16)15-8-9-17(22)21(15)11-14-7-6-12(2)13(3)10-14/h6-7,10,15H,4-5,8-9,11H2,1-3H3. The van der Waals surface area contributed by atoms with E-state index in [1.807, 2.05) is 4.90 Å². The molecule has 1 aromatic heterocycles. The highest BCUT2D eigenvalue weighted by molar-refractivity contribution is 5.78. The van der Waals surface area contributed by atoms with E-state index in [0.29, 0.717) is 18.9 Å². The summed E-state index contributed by atoms with van der Waals surface area (Å²) in [6, 6.07) is 6.24. The fourth-order valence-electron chi connectivity index (χ4n) is 3.02. The molecule has 23 heavy (non-hydrogen) atoms. The summed E-state index contributed by atoms with van der Waals surface area (Å²) in [6.07, 6.45) is 3.08. The quantitative estimate of drug-likeness (QED) is 0.847. The van der Waals surface area contributed by atoms with E-state index in [4.69, 9.17) is 4.52 Å². The van der Waals surface area contributed by atoms with Crippen molar-refractivity contribution in [2.24, 2.45) is 0 Å². The van der Waals surface area contributed by atoms with Crippen LogP contribution in [-0.4, -0.2) is 20.9 Å². The Morgan fingerprint density at radius 2 is 2.13 bits per heavy atom. The summed E-state index contributed by atoms with van der Waals surface area (Å²) in [5.74, 6) is 1.46. The van der Waals surface area contributed by atoms with Gasteiger partial charge < -0.3 is 9.42 Å². The first-order valence-electron chi connectivity index (χ1n) is 8.26. The SMILES string of the molecule is CCCc1noc(C2CCC(=O)N2Cc2ccc(C)c(C)c2)n1. The van der Waals surface area contributed by atoms with Gasteiger partial charge in [0.25, 0.3) is 0 Å². The molecule has 0 aliphatic carbocycles. The molecule has 1 saturated heterocycles. The zero-order valence-electron chi connectivity index (χ0n) is 14.0. The summed E-state index contributed by atoms with van der Waals surface area (Å²) in [6.45, 7) is 6.87. The van der Waals surface area contributed by atoms with Gasteiger partial charge in [-0.1, -0.05) is 30.3 Å². The van der Waals surface area contributed by atoms with Crippen molar-refractivity contribution in [1.82, 2.24) is 15.0 Å². The van der Waals surface area contributed by atoms with E-state index in [-0.39, 0.29) is 11.9 Å². The molecule has 1 atom stereocenters. The van der Waals surface area contributed by atoms with E-state index >= 15 is 0 Å². The fraction of sp³-hybridized carbons (Fsp3) is 0.500. The van der Waals surface area contributed by atoms with Crippen LogP contribution in [0, 0.1) is 13.8 Å². The normalized spacial score (nSPS) is 18.0. The zero-order chi connectivity index (χ0) is 16.4. The molecular weight excluding hydrogens is 290 g/mol. The maximum Gasteiger partial charge on any atom is 0.249 e. The molecule has 0 bridgehead atoms. The third-order valence-corrected chi connectivity index (χ3v) is 4.49. The molecule has 5 heteroatoms. The lowest BCUT2D eigenvalue weighted by Crippen LogP contribution is -2.27. The minimum absolute atomic E-state index is 0.0952. The summed E-state index contributed by atoms with van der Waals surface area (Å²) in [5, 5.41) is 4.02. The van der Waals surface area contributed by atoms with Gasteiger partial charge in [0.2, 0.25) is 11.8 Å². The van der Waals surface area contributed by atoms with Gasteiger partial charge in [0.15, 0.2) is 5.82 Å². The summed E-state index contributed by atoms with van der Waals surface area (Å²) < 4.78 is 5.41. The first kappa shape index (κ1) is 15.7. The van der Waals surface area contributed by atoms with Crippen LogP contribution in [0.2, 0.25) is 0 Å². The number of rotatable bonds is 5. The van der Waals surface area contributed by atoms with Gasteiger partial charge in [-0.2, -0.15) is 4.98 Å². The maximum atomic E-state index is 12.3. The molecule has 5 nitrogen and oxygen atoms in total. The van der Waals surface area contributed by atoms with E-state index in [2.05, 4.69) is 49.1 Å². The average molecular weight is 313 g/mol. The third kappa shape index (κ3) is 3.28. The summed E-state index contributed by atoms with van der Waals surface area (Å²) in [7, 11) is 0. The number of aromatic nitrogens is 2. The topological polar surface area (TPSA) is 59.2 Å². The number of aryl methyl sites for hydroxylation is 3. The molecule has 1 amide bonds. The van der Waals surface area contributed by atoms with Gasteiger partial charge in [0.05, 0.1) is 0 Å². The molecule has 1 aliphatic rings. The largest absolute Gasteiger partial charge is 0.337 e. The Hall–Kier alpha value is -2.17. The fourth-order valence-corrected chi connectivity index (χ4v) is 3.02. The predicted octanol–water partition coefficient (Wildman–Crippen LogP) is 3.50. The lowest BCUT2D eigenvalue weighted by atomic mass is 10.1. The number of carbonyl (C=O) groups is 1. The number of carbonyl (C=O) groups excluding carboxylic acids is 1. The maximum absolute atomic E-state index is 12.3. The van der Waals surface area contributed by atoms with Crippen molar-refractivity contribution in [2.45, 2.75) is 59.0 Å². The number of likely N-dealkylation sites (tertiary alicyclic amines) is 1. The molecule has 1 fully saturated rings. The Kier molecular flexibility index (Phi) is 4.46. The summed E-state index contributed by atoms with van der Waals surface area (Å²) >= 11 is 0. The van der Waals surface area contributed by atoms with Crippen LogP contribution >= 0.6 is 0 Å². The smallest absolute Gasteiger partial charge is 0.249 e. The minimum atomic E-state index is -0.0952. The van der Waals surface area contributed by atoms with Crippen molar-refractivity contribution in [3.05, 3.63) is 46.6 Å². The predicted molar refractivity (Wildman–Crippen MR) is 86.7 cm³/mol. The van der Waals surface area contributed by atoms with Gasteiger partial charge in [-0.15, -0.1) is 0 Å². The van der Waals surface area contributed by atoms with Crippen LogP contribution in [0.4, 0.5) is 0 Å². The van der Waals surface area contributed by atoms with Crippen molar-refractivity contribution >= 4 is 5.91 Å². The van der Waals surface area contributed by atoms with Crippen LogP contribution in [-0.2, 0) is 17.8 Å². The molecule has 0 N–H and O–H groups in total. The second-order valence-corrected chi connectivity index (χ2v) is 6.29. The average Bonchev–Trinajstić information content (AvgIpc) is 3.11. The molecule has 122 valence electrons. The lowest BCUT2D eigenvalue weighted by molar-refractivity contribution is -0.129. The van der Waals surface area contributed by atoms with E-state index in [1.54, 1.807) is 0 Å². The van der Waals surface area contributed by atoms with Gasteiger partial charge in [0, 0.05) is 19.4 Å². The second kappa shape index (κ2) is 6.52. The first-order chi connectivity index (χ1) is 11.1. The second-order valence-electron chi connectivity index (χ2n) is 6.29. The van der Waals surface area contributed by atoms with Crippen molar-refractivity contribution in [2.75, 3.05) is 0 Å². The van der Waals surface area contributed by atoms with Crippen LogP contribution in [0.25, 0.3) is 0 Å². The molecule has 2 heterocycles. The summed E-state index contributed by atoms with van der Waals surface area (Å²) in [5.41, 5.74) is 3.65. The van der Waals surface area contributed by atoms with Crippen molar-refractivity contribution in [3.8, 4) is 0 Å². The minimum Gasteiger partial charge on any atom is -0.337 e. The van der Waals surface area contributed by atoms with E-state index < -0.39 is 0 Å². The molecule has 0 radical (unpaired) electrons. The Labute approximate surface area is 136 Å². The van der Waals surface area contributed by atoms with Crippen LogP contribution < -0.4 is 0 Å². The van der Waals surface area contributed by atoms with Gasteiger partial charge >= 0.3 is 0 Å². The van der Waals surface area contributed by atoms with Gasteiger partial charge in [0.1, 0.15) is 6.04 Å². The molecule has 0 spiro atoms.